The van der Waals surface area contributed by atoms with Gasteiger partial charge >= 0.3 is 6.03 Å². The van der Waals surface area contributed by atoms with Crippen molar-refractivity contribution < 1.29 is 18.1 Å². The average molecular weight is 347 g/mol. The first-order valence-corrected chi connectivity index (χ1v) is 7.70. The first kappa shape index (κ1) is 17.0. The number of benzene rings is 1. The lowest BCUT2D eigenvalue weighted by Crippen LogP contribution is -2.52. The summed E-state index contributed by atoms with van der Waals surface area (Å²) in [7, 11) is 0. The number of quaternary nitrogens is 1. The average Bonchev–Trinajstić information content (AvgIpc) is 3.14. The Labute approximate surface area is 143 Å². The van der Waals surface area contributed by atoms with Crippen molar-refractivity contribution in [1.82, 2.24) is 15.1 Å². The second-order valence-electron chi connectivity index (χ2n) is 5.96. The van der Waals surface area contributed by atoms with Crippen LogP contribution in [0.2, 0.25) is 0 Å². The maximum atomic E-state index is 14.3. The predicted molar refractivity (Wildman–Crippen MR) is 89.7 cm³/mol. The van der Waals surface area contributed by atoms with Crippen LogP contribution in [0.15, 0.2) is 40.1 Å². The molecule has 0 bridgehead atoms. The molecule has 1 aromatic carbocycles. The molecule has 1 aliphatic heterocycles. The van der Waals surface area contributed by atoms with Crippen LogP contribution in [0.25, 0.3) is 11.3 Å². The van der Waals surface area contributed by atoms with Gasteiger partial charge < -0.3 is 9.84 Å². The lowest BCUT2D eigenvalue weighted by Gasteiger charge is -2.23. The normalized spacial score (nSPS) is 19.0. The van der Waals surface area contributed by atoms with Gasteiger partial charge in [0.2, 0.25) is 5.69 Å². The Morgan fingerprint density at radius 3 is 2.68 bits per heavy atom. The predicted octanol–water partition coefficient (Wildman–Crippen LogP) is 3.87. The first-order valence-electron chi connectivity index (χ1n) is 7.70. The molecule has 0 radical (unpaired) electrons. The summed E-state index contributed by atoms with van der Waals surface area (Å²) in [6.45, 7) is 5.25. The fourth-order valence-electron chi connectivity index (χ4n) is 2.67. The van der Waals surface area contributed by atoms with Crippen LogP contribution in [0.4, 0.5) is 19.3 Å². The highest BCUT2D eigenvalue weighted by Crippen LogP contribution is 2.40. The third-order valence-electron chi connectivity index (χ3n) is 3.72. The monoisotopic (exact) mass is 347 g/mol. The van der Waals surface area contributed by atoms with E-state index < -0.39 is 22.3 Å². The Balaban J connectivity index is 2.19. The number of halogens is 2. The van der Waals surface area contributed by atoms with Crippen molar-refractivity contribution in [2.24, 2.45) is 5.10 Å². The van der Waals surface area contributed by atoms with Gasteiger partial charge in [-0.3, -0.25) is 0 Å². The van der Waals surface area contributed by atoms with Gasteiger partial charge in [0.1, 0.15) is 17.8 Å². The SMILES string of the molecule is Cc1onc(-c2ccc(F)cc2F)c1[N+]1(C(=O)NC(C)C)C=CC=N1. The fourth-order valence-corrected chi connectivity index (χ4v) is 2.67. The Morgan fingerprint density at radius 2 is 2.08 bits per heavy atom. The van der Waals surface area contributed by atoms with Crippen molar-refractivity contribution in [3.63, 3.8) is 0 Å². The van der Waals surface area contributed by atoms with Gasteiger partial charge in [0.25, 0.3) is 0 Å². The molecule has 0 saturated heterocycles. The van der Waals surface area contributed by atoms with Gasteiger partial charge in [0, 0.05) is 30.7 Å². The molecule has 0 saturated carbocycles. The quantitative estimate of drug-likeness (QED) is 0.857. The van der Waals surface area contributed by atoms with E-state index in [1.165, 1.54) is 12.3 Å². The molecule has 2 heterocycles. The minimum Gasteiger partial charge on any atom is -0.354 e. The number of hydrogen-bond acceptors (Lipinski definition) is 4. The van der Waals surface area contributed by atoms with Crippen LogP contribution in [-0.4, -0.2) is 23.4 Å². The van der Waals surface area contributed by atoms with Gasteiger partial charge in [0.15, 0.2) is 11.5 Å². The smallest absolute Gasteiger partial charge is 0.354 e. The molecule has 1 atom stereocenters. The summed E-state index contributed by atoms with van der Waals surface area (Å²) in [6, 6.07) is 2.57. The largest absolute Gasteiger partial charge is 0.453 e. The van der Waals surface area contributed by atoms with Gasteiger partial charge in [-0.15, -0.1) is 0 Å². The van der Waals surface area contributed by atoms with Gasteiger partial charge in [0.05, 0.1) is 6.21 Å². The fraction of sp³-hybridized carbons (Fsp3) is 0.235. The highest BCUT2D eigenvalue weighted by molar-refractivity contribution is 5.97. The molecule has 1 aliphatic rings. The van der Waals surface area contributed by atoms with Crippen LogP contribution < -0.4 is 9.91 Å². The van der Waals surface area contributed by atoms with Crippen LogP contribution in [-0.2, 0) is 0 Å². The Bertz CT molecular complexity index is 875. The Hall–Kier alpha value is -2.87. The highest BCUT2D eigenvalue weighted by Gasteiger charge is 2.47. The minimum absolute atomic E-state index is 0.0265. The zero-order valence-corrected chi connectivity index (χ0v) is 14.0. The molecule has 0 fully saturated rings. The van der Waals surface area contributed by atoms with E-state index in [1.807, 2.05) is 13.8 Å². The Morgan fingerprint density at radius 1 is 1.32 bits per heavy atom. The van der Waals surface area contributed by atoms with E-state index in [0.29, 0.717) is 5.76 Å². The molecule has 6 nitrogen and oxygen atoms in total. The van der Waals surface area contributed by atoms with E-state index in [9.17, 15) is 13.6 Å². The van der Waals surface area contributed by atoms with E-state index in [4.69, 9.17) is 4.52 Å². The second kappa shape index (κ2) is 6.21. The molecule has 25 heavy (non-hydrogen) atoms. The number of rotatable bonds is 3. The van der Waals surface area contributed by atoms with Crippen molar-refractivity contribution in [2.75, 3.05) is 0 Å². The second-order valence-corrected chi connectivity index (χ2v) is 5.96. The molecule has 1 aromatic heterocycles. The number of nitrogens with one attached hydrogen (secondary N) is 1. The molecule has 1 N–H and O–H groups in total. The summed E-state index contributed by atoms with van der Waals surface area (Å²) in [4.78, 5) is 12.8. The van der Waals surface area contributed by atoms with E-state index in [0.717, 1.165) is 12.1 Å². The van der Waals surface area contributed by atoms with Gasteiger partial charge in [-0.05, 0) is 26.0 Å². The third-order valence-corrected chi connectivity index (χ3v) is 3.72. The number of carbonyl (C=O) groups is 1. The number of amides is 2. The van der Waals surface area contributed by atoms with Gasteiger partial charge in [-0.1, -0.05) is 14.9 Å². The lowest BCUT2D eigenvalue weighted by atomic mass is 10.1. The number of hydrogen-bond donors (Lipinski definition) is 1. The van der Waals surface area contributed by atoms with Crippen LogP contribution in [0.5, 0.6) is 0 Å². The first-order chi connectivity index (χ1) is 11.8. The molecule has 2 amide bonds. The van der Waals surface area contributed by atoms with Crippen molar-refractivity contribution in [1.29, 1.82) is 0 Å². The minimum atomic E-state index is -0.802. The maximum absolute atomic E-state index is 14.3. The summed E-state index contributed by atoms with van der Waals surface area (Å²) in [5.74, 6) is -1.20. The van der Waals surface area contributed by atoms with Crippen LogP contribution in [0, 0.1) is 18.6 Å². The summed E-state index contributed by atoms with van der Waals surface area (Å²) in [6.07, 6.45) is 4.62. The summed E-state index contributed by atoms with van der Waals surface area (Å²) >= 11 is 0. The van der Waals surface area contributed by atoms with Crippen molar-refractivity contribution in [3.05, 3.63) is 47.9 Å². The lowest BCUT2D eigenvalue weighted by molar-refractivity contribution is 0.214. The molecular weight excluding hydrogens is 330 g/mol. The maximum Gasteiger partial charge on any atom is 0.453 e. The molecule has 0 aliphatic carbocycles. The number of nitrogens with zero attached hydrogens (tertiary/aromatic N) is 3. The zero-order chi connectivity index (χ0) is 18.2. The molecule has 3 rings (SSSR count). The van der Waals surface area contributed by atoms with Crippen molar-refractivity contribution >= 4 is 17.9 Å². The Kier molecular flexibility index (Phi) is 4.22. The van der Waals surface area contributed by atoms with Gasteiger partial charge in [-0.25, -0.2) is 13.6 Å². The number of aromatic nitrogens is 1. The molecule has 1 unspecified atom stereocenters. The van der Waals surface area contributed by atoms with E-state index >= 15 is 0 Å². The number of urea groups is 1. The molecule has 0 spiro atoms. The number of aryl methyl sites for hydroxylation is 1. The number of allylic oxidation sites excluding steroid dienone is 1. The topological polar surface area (TPSA) is 67.5 Å². The number of carbonyl (C=O) groups excluding carboxylic acids is 1. The van der Waals surface area contributed by atoms with Crippen molar-refractivity contribution in [3.8, 4) is 11.3 Å². The van der Waals surface area contributed by atoms with Gasteiger partial charge in [-0.2, -0.15) is 0 Å². The molecule has 2 aromatic rings. The summed E-state index contributed by atoms with van der Waals surface area (Å²) in [5.41, 5.74) is 0.393. The van der Waals surface area contributed by atoms with Crippen molar-refractivity contribution in [2.45, 2.75) is 26.8 Å². The van der Waals surface area contributed by atoms with E-state index in [2.05, 4.69) is 15.6 Å². The highest BCUT2D eigenvalue weighted by atomic mass is 19.1. The zero-order valence-electron chi connectivity index (χ0n) is 14.0. The molecule has 8 heteroatoms. The van der Waals surface area contributed by atoms with E-state index in [1.54, 1.807) is 19.2 Å². The van der Waals surface area contributed by atoms with Crippen LogP contribution >= 0.6 is 0 Å². The molecular formula is C17H17F2N4O2+. The third kappa shape index (κ3) is 2.85. The van der Waals surface area contributed by atoms with Crippen LogP contribution in [0.3, 0.4) is 0 Å². The van der Waals surface area contributed by atoms with E-state index in [-0.39, 0.29) is 23.0 Å². The standard InChI is InChI=1S/C17H16F2N4O2/c1-10(2)21-17(24)23(8-4-7-20-23)16-11(3)25-22-15(16)13-6-5-12(18)9-14(13)19/h4-10H,1-3H3/p+1. The summed E-state index contributed by atoms with van der Waals surface area (Å²) in [5, 5.41) is 10.9. The molecule has 130 valence electrons. The van der Waals surface area contributed by atoms with Crippen LogP contribution in [0.1, 0.15) is 19.6 Å². The summed E-state index contributed by atoms with van der Waals surface area (Å²) < 4.78 is 32.1.